The molecule has 3 amide bonds. The standard InChI is InChI=1S/C10H19N3O3/c1-2-7-5-13(4-3-8(7)14)6-9(15)12-10(11)16/h7-8,14H,2-6H2,1H3,(H3,11,12,15,16). The second kappa shape index (κ2) is 5.81. The van der Waals surface area contributed by atoms with Crippen LogP contribution in [0.15, 0.2) is 0 Å². The third kappa shape index (κ3) is 3.79. The molecule has 1 aliphatic rings. The average Bonchev–Trinajstić information content (AvgIpc) is 2.19. The Kier molecular flexibility index (Phi) is 4.70. The van der Waals surface area contributed by atoms with Crippen molar-refractivity contribution in [3.8, 4) is 0 Å². The molecule has 16 heavy (non-hydrogen) atoms. The van der Waals surface area contributed by atoms with Crippen LogP contribution in [0, 0.1) is 5.92 Å². The van der Waals surface area contributed by atoms with Crippen LogP contribution in [0.1, 0.15) is 19.8 Å². The Hall–Kier alpha value is -1.14. The molecule has 1 heterocycles. The number of amides is 3. The van der Waals surface area contributed by atoms with Gasteiger partial charge >= 0.3 is 6.03 Å². The third-order valence-electron chi connectivity index (χ3n) is 2.93. The van der Waals surface area contributed by atoms with E-state index in [-0.39, 0.29) is 18.6 Å². The second-order valence-corrected chi connectivity index (χ2v) is 4.17. The number of aliphatic hydroxyl groups is 1. The first-order valence-electron chi connectivity index (χ1n) is 5.52. The van der Waals surface area contributed by atoms with E-state index in [9.17, 15) is 14.7 Å². The number of hydrogen-bond donors (Lipinski definition) is 3. The summed E-state index contributed by atoms with van der Waals surface area (Å²) in [7, 11) is 0. The highest BCUT2D eigenvalue weighted by Gasteiger charge is 2.27. The fourth-order valence-electron chi connectivity index (χ4n) is 2.02. The van der Waals surface area contributed by atoms with Crippen molar-refractivity contribution in [2.75, 3.05) is 19.6 Å². The van der Waals surface area contributed by atoms with Gasteiger partial charge in [0.25, 0.3) is 0 Å². The van der Waals surface area contributed by atoms with E-state index in [1.165, 1.54) is 0 Å². The number of carbonyl (C=O) groups is 2. The molecule has 6 heteroatoms. The van der Waals surface area contributed by atoms with Gasteiger partial charge in [0.15, 0.2) is 0 Å². The molecule has 0 aromatic carbocycles. The van der Waals surface area contributed by atoms with E-state index in [1.54, 1.807) is 0 Å². The molecular weight excluding hydrogens is 210 g/mol. The van der Waals surface area contributed by atoms with Gasteiger partial charge in [0, 0.05) is 13.1 Å². The second-order valence-electron chi connectivity index (χ2n) is 4.17. The monoisotopic (exact) mass is 229 g/mol. The number of likely N-dealkylation sites (tertiary alicyclic amines) is 1. The molecule has 1 rings (SSSR count). The Morgan fingerprint density at radius 1 is 1.56 bits per heavy atom. The van der Waals surface area contributed by atoms with Gasteiger partial charge in [0.1, 0.15) is 0 Å². The van der Waals surface area contributed by atoms with E-state index in [2.05, 4.69) is 0 Å². The number of nitrogens with zero attached hydrogens (tertiary/aromatic N) is 1. The van der Waals surface area contributed by atoms with Crippen LogP contribution in [0.5, 0.6) is 0 Å². The maximum atomic E-state index is 11.3. The van der Waals surface area contributed by atoms with Crippen molar-refractivity contribution in [1.29, 1.82) is 0 Å². The van der Waals surface area contributed by atoms with E-state index in [0.29, 0.717) is 19.5 Å². The largest absolute Gasteiger partial charge is 0.393 e. The van der Waals surface area contributed by atoms with Crippen LogP contribution in [-0.2, 0) is 4.79 Å². The van der Waals surface area contributed by atoms with E-state index < -0.39 is 11.9 Å². The van der Waals surface area contributed by atoms with Crippen molar-refractivity contribution in [3.63, 3.8) is 0 Å². The summed E-state index contributed by atoms with van der Waals surface area (Å²) >= 11 is 0. The van der Waals surface area contributed by atoms with Crippen LogP contribution in [0.3, 0.4) is 0 Å². The Bertz CT molecular complexity index is 270. The lowest BCUT2D eigenvalue weighted by Crippen LogP contribution is -2.48. The summed E-state index contributed by atoms with van der Waals surface area (Å²) in [6, 6.07) is -0.825. The summed E-state index contributed by atoms with van der Waals surface area (Å²) in [5.41, 5.74) is 4.84. The molecule has 4 N–H and O–H groups in total. The molecule has 2 atom stereocenters. The highest BCUT2D eigenvalue weighted by atomic mass is 16.3. The molecule has 1 aliphatic heterocycles. The number of primary amides is 1. The fourth-order valence-corrected chi connectivity index (χ4v) is 2.02. The van der Waals surface area contributed by atoms with Crippen LogP contribution in [0.25, 0.3) is 0 Å². The predicted molar refractivity (Wildman–Crippen MR) is 58.6 cm³/mol. The number of nitrogens with one attached hydrogen (secondary N) is 1. The molecule has 1 saturated heterocycles. The number of imide groups is 1. The van der Waals surface area contributed by atoms with Gasteiger partial charge in [-0.3, -0.25) is 15.0 Å². The summed E-state index contributed by atoms with van der Waals surface area (Å²) in [6.07, 6.45) is 1.28. The lowest BCUT2D eigenvalue weighted by molar-refractivity contribution is -0.122. The zero-order valence-electron chi connectivity index (χ0n) is 9.48. The van der Waals surface area contributed by atoms with Gasteiger partial charge in [-0.05, 0) is 18.8 Å². The molecule has 1 fully saturated rings. The number of rotatable bonds is 3. The van der Waals surface area contributed by atoms with Crippen molar-refractivity contribution in [2.24, 2.45) is 11.7 Å². The number of carbonyl (C=O) groups excluding carboxylic acids is 2. The summed E-state index contributed by atoms with van der Waals surface area (Å²) < 4.78 is 0. The third-order valence-corrected chi connectivity index (χ3v) is 2.93. The molecule has 0 bridgehead atoms. The minimum atomic E-state index is -0.825. The molecule has 0 aliphatic carbocycles. The van der Waals surface area contributed by atoms with Crippen LogP contribution in [0.4, 0.5) is 4.79 Å². The van der Waals surface area contributed by atoms with Gasteiger partial charge in [-0.2, -0.15) is 0 Å². The van der Waals surface area contributed by atoms with Crippen molar-refractivity contribution < 1.29 is 14.7 Å². The Morgan fingerprint density at radius 3 is 2.81 bits per heavy atom. The molecule has 0 saturated carbocycles. The Balaban J connectivity index is 2.38. The summed E-state index contributed by atoms with van der Waals surface area (Å²) in [5, 5.41) is 11.7. The van der Waals surface area contributed by atoms with Gasteiger partial charge in [0.05, 0.1) is 12.6 Å². The zero-order valence-corrected chi connectivity index (χ0v) is 9.48. The number of urea groups is 1. The van der Waals surface area contributed by atoms with Gasteiger partial charge in [-0.15, -0.1) is 0 Å². The number of piperidine rings is 1. The Morgan fingerprint density at radius 2 is 2.25 bits per heavy atom. The predicted octanol–water partition coefficient (Wildman–Crippen LogP) is -0.726. The van der Waals surface area contributed by atoms with Crippen molar-refractivity contribution in [1.82, 2.24) is 10.2 Å². The van der Waals surface area contributed by atoms with Gasteiger partial charge < -0.3 is 10.8 Å². The molecule has 0 radical (unpaired) electrons. The quantitative estimate of drug-likeness (QED) is 0.594. The van der Waals surface area contributed by atoms with Crippen molar-refractivity contribution >= 4 is 11.9 Å². The van der Waals surface area contributed by atoms with Crippen molar-refractivity contribution in [2.45, 2.75) is 25.9 Å². The smallest absolute Gasteiger partial charge is 0.318 e. The van der Waals surface area contributed by atoms with Crippen LogP contribution >= 0.6 is 0 Å². The first-order valence-corrected chi connectivity index (χ1v) is 5.52. The highest BCUT2D eigenvalue weighted by Crippen LogP contribution is 2.19. The highest BCUT2D eigenvalue weighted by molar-refractivity contribution is 5.94. The summed E-state index contributed by atoms with van der Waals surface area (Å²) in [5.74, 6) is -0.186. The molecule has 6 nitrogen and oxygen atoms in total. The average molecular weight is 229 g/mol. The summed E-state index contributed by atoms with van der Waals surface area (Å²) in [6.45, 7) is 3.53. The van der Waals surface area contributed by atoms with E-state index in [0.717, 1.165) is 6.42 Å². The molecular formula is C10H19N3O3. The first-order chi connectivity index (χ1) is 7.52. The SMILES string of the molecule is CCC1CN(CC(=O)NC(N)=O)CCC1O. The van der Waals surface area contributed by atoms with Gasteiger partial charge in [0.2, 0.25) is 5.91 Å². The lowest BCUT2D eigenvalue weighted by atomic mass is 9.92. The van der Waals surface area contributed by atoms with E-state index in [4.69, 9.17) is 5.73 Å². The maximum absolute atomic E-state index is 11.3. The zero-order chi connectivity index (χ0) is 12.1. The Labute approximate surface area is 94.8 Å². The normalized spacial score (nSPS) is 26.4. The number of hydrogen-bond acceptors (Lipinski definition) is 4. The van der Waals surface area contributed by atoms with Gasteiger partial charge in [-0.1, -0.05) is 6.92 Å². The minimum absolute atomic E-state index is 0.159. The molecule has 0 aromatic rings. The molecule has 0 aromatic heterocycles. The van der Waals surface area contributed by atoms with Crippen LogP contribution in [-0.4, -0.2) is 47.7 Å². The topological polar surface area (TPSA) is 95.7 Å². The van der Waals surface area contributed by atoms with Crippen LogP contribution < -0.4 is 11.1 Å². The molecule has 2 unspecified atom stereocenters. The minimum Gasteiger partial charge on any atom is -0.393 e. The number of nitrogens with two attached hydrogens (primary N) is 1. The van der Waals surface area contributed by atoms with E-state index in [1.807, 2.05) is 17.1 Å². The number of aliphatic hydroxyl groups excluding tert-OH is 1. The van der Waals surface area contributed by atoms with E-state index >= 15 is 0 Å². The molecule has 92 valence electrons. The first kappa shape index (κ1) is 12.9. The van der Waals surface area contributed by atoms with Crippen LogP contribution in [0.2, 0.25) is 0 Å². The molecule has 0 spiro atoms. The van der Waals surface area contributed by atoms with Gasteiger partial charge in [-0.25, -0.2) is 4.79 Å². The fraction of sp³-hybridized carbons (Fsp3) is 0.800. The summed E-state index contributed by atoms with van der Waals surface area (Å²) in [4.78, 5) is 23.7. The maximum Gasteiger partial charge on any atom is 0.318 e. The van der Waals surface area contributed by atoms with Crippen molar-refractivity contribution in [3.05, 3.63) is 0 Å². The lowest BCUT2D eigenvalue weighted by Gasteiger charge is -2.35.